The van der Waals surface area contributed by atoms with Crippen LogP contribution in [0.25, 0.3) is 0 Å². The fraction of sp³-hybridized carbons (Fsp3) is 0.579. The molecule has 6 nitrogen and oxygen atoms in total. The molecule has 1 aromatic rings. The Kier molecular flexibility index (Phi) is 7.74. The minimum absolute atomic E-state index is 0.0259. The number of hydrogen-bond acceptors (Lipinski definition) is 4. The minimum atomic E-state index is -0.997. The third-order valence-corrected chi connectivity index (χ3v) is 3.91. The van der Waals surface area contributed by atoms with Gasteiger partial charge in [-0.2, -0.15) is 0 Å². The molecule has 1 amide bonds. The standard InChI is InChI=1S/C19H29NO5/c1-19(2,3)11-10-14(18(22)23)20-17(21)9-7-13-6-8-15(24-4)16(12-13)25-5/h6,8,12,14H,7,9-11H2,1-5H3,(H,20,21)(H,22,23). The molecule has 0 fully saturated rings. The van der Waals surface area contributed by atoms with Crippen LogP contribution in [0.5, 0.6) is 11.5 Å². The molecule has 0 aliphatic heterocycles. The SMILES string of the molecule is COc1ccc(CCC(=O)NC(CCC(C)(C)C)C(=O)O)cc1OC. The lowest BCUT2D eigenvalue weighted by Crippen LogP contribution is -2.41. The first kappa shape index (κ1) is 20.8. The molecule has 0 saturated carbocycles. The normalized spacial score (nSPS) is 12.4. The highest BCUT2D eigenvalue weighted by atomic mass is 16.5. The number of benzene rings is 1. The molecule has 2 N–H and O–H groups in total. The van der Waals surface area contributed by atoms with E-state index < -0.39 is 12.0 Å². The van der Waals surface area contributed by atoms with Gasteiger partial charge in [0.1, 0.15) is 6.04 Å². The smallest absolute Gasteiger partial charge is 0.326 e. The number of aryl methyl sites for hydroxylation is 1. The van der Waals surface area contributed by atoms with E-state index in [1.165, 1.54) is 0 Å². The van der Waals surface area contributed by atoms with Crippen molar-refractivity contribution in [3.8, 4) is 11.5 Å². The Balaban J connectivity index is 2.59. The van der Waals surface area contributed by atoms with Crippen LogP contribution in [0, 0.1) is 5.41 Å². The molecular formula is C19H29NO5. The molecule has 1 aromatic carbocycles. The van der Waals surface area contributed by atoms with Gasteiger partial charge in [0, 0.05) is 6.42 Å². The topological polar surface area (TPSA) is 84.9 Å². The van der Waals surface area contributed by atoms with Crippen LogP contribution >= 0.6 is 0 Å². The Hall–Kier alpha value is -2.24. The van der Waals surface area contributed by atoms with Crippen molar-refractivity contribution in [2.24, 2.45) is 5.41 Å². The van der Waals surface area contributed by atoms with E-state index in [1.807, 2.05) is 32.9 Å². The molecule has 0 spiro atoms. The van der Waals surface area contributed by atoms with Gasteiger partial charge in [-0.15, -0.1) is 0 Å². The largest absolute Gasteiger partial charge is 0.493 e. The molecule has 25 heavy (non-hydrogen) atoms. The zero-order valence-electron chi connectivity index (χ0n) is 15.7. The maximum atomic E-state index is 12.1. The van der Waals surface area contributed by atoms with E-state index in [0.717, 1.165) is 12.0 Å². The van der Waals surface area contributed by atoms with E-state index in [0.29, 0.717) is 24.3 Å². The van der Waals surface area contributed by atoms with Crippen LogP contribution in [0.15, 0.2) is 18.2 Å². The number of ether oxygens (including phenoxy) is 2. The summed E-state index contributed by atoms with van der Waals surface area (Å²) in [4.78, 5) is 23.4. The molecule has 6 heteroatoms. The Morgan fingerprint density at radius 1 is 1.16 bits per heavy atom. The van der Waals surface area contributed by atoms with Crippen LogP contribution in [-0.4, -0.2) is 37.2 Å². The van der Waals surface area contributed by atoms with Crippen molar-refractivity contribution in [1.29, 1.82) is 0 Å². The van der Waals surface area contributed by atoms with Gasteiger partial charge >= 0.3 is 5.97 Å². The van der Waals surface area contributed by atoms with E-state index in [2.05, 4.69) is 5.32 Å². The summed E-state index contributed by atoms with van der Waals surface area (Å²) < 4.78 is 10.4. The lowest BCUT2D eigenvalue weighted by atomic mass is 9.88. The second-order valence-corrected chi connectivity index (χ2v) is 7.25. The molecule has 0 aliphatic carbocycles. The molecule has 1 rings (SSSR count). The number of nitrogens with one attached hydrogen (secondary N) is 1. The molecule has 0 aromatic heterocycles. The zero-order chi connectivity index (χ0) is 19.0. The van der Waals surface area contributed by atoms with Gasteiger partial charge in [-0.1, -0.05) is 26.8 Å². The van der Waals surface area contributed by atoms with Crippen LogP contribution < -0.4 is 14.8 Å². The monoisotopic (exact) mass is 351 g/mol. The molecule has 0 aliphatic rings. The maximum absolute atomic E-state index is 12.1. The van der Waals surface area contributed by atoms with E-state index in [1.54, 1.807) is 20.3 Å². The molecule has 1 atom stereocenters. The van der Waals surface area contributed by atoms with Gasteiger partial charge in [-0.25, -0.2) is 4.79 Å². The Morgan fingerprint density at radius 3 is 2.32 bits per heavy atom. The highest BCUT2D eigenvalue weighted by molar-refractivity contribution is 5.83. The number of methoxy groups -OCH3 is 2. The number of amides is 1. The second kappa shape index (κ2) is 9.30. The Bertz CT molecular complexity index is 592. The first-order valence-corrected chi connectivity index (χ1v) is 8.39. The summed E-state index contributed by atoms with van der Waals surface area (Å²) in [6.45, 7) is 6.14. The third kappa shape index (κ3) is 7.45. The van der Waals surface area contributed by atoms with Crippen LogP contribution in [0.3, 0.4) is 0 Å². The van der Waals surface area contributed by atoms with Crippen molar-refractivity contribution in [2.45, 2.75) is 52.5 Å². The molecule has 140 valence electrons. The summed E-state index contributed by atoms with van der Waals surface area (Å²) >= 11 is 0. The molecule has 1 unspecified atom stereocenters. The summed E-state index contributed by atoms with van der Waals surface area (Å²) in [7, 11) is 3.12. The molecule has 0 bridgehead atoms. The zero-order valence-corrected chi connectivity index (χ0v) is 15.7. The first-order valence-electron chi connectivity index (χ1n) is 8.39. The van der Waals surface area contributed by atoms with Gasteiger partial charge in [-0.3, -0.25) is 4.79 Å². The number of hydrogen-bond donors (Lipinski definition) is 2. The second-order valence-electron chi connectivity index (χ2n) is 7.25. The highest BCUT2D eigenvalue weighted by Crippen LogP contribution is 2.28. The third-order valence-electron chi connectivity index (χ3n) is 3.91. The van der Waals surface area contributed by atoms with Gasteiger partial charge in [-0.05, 0) is 42.4 Å². The molecule has 0 heterocycles. The van der Waals surface area contributed by atoms with Crippen molar-refractivity contribution in [3.63, 3.8) is 0 Å². The summed E-state index contributed by atoms with van der Waals surface area (Å²) in [5, 5.41) is 11.9. The summed E-state index contributed by atoms with van der Waals surface area (Å²) in [6, 6.07) is 4.62. The number of carboxylic acids is 1. The van der Waals surface area contributed by atoms with Gasteiger partial charge in [0.25, 0.3) is 0 Å². The fourth-order valence-electron chi connectivity index (χ4n) is 2.40. The number of carbonyl (C=O) groups is 2. The van der Waals surface area contributed by atoms with Crippen molar-refractivity contribution >= 4 is 11.9 Å². The van der Waals surface area contributed by atoms with Crippen molar-refractivity contribution in [1.82, 2.24) is 5.32 Å². The van der Waals surface area contributed by atoms with Gasteiger partial charge in [0.15, 0.2) is 11.5 Å². The van der Waals surface area contributed by atoms with Crippen molar-refractivity contribution in [2.75, 3.05) is 14.2 Å². The van der Waals surface area contributed by atoms with E-state index in [9.17, 15) is 14.7 Å². The lowest BCUT2D eigenvalue weighted by Gasteiger charge is -2.21. The van der Waals surface area contributed by atoms with E-state index >= 15 is 0 Å². The van der Waals surface area contributed by atoms with Crippen LogP contribution in [-0.2, 0) is 16.0 Å². The summed E-state index contributed by atoms with van der Waals surface area (Å²) in [5.74, 6) is -0.0300. The first-order chi connectivity index (χ1) is 11.7. The predicted molar refractivity (Wildman–Crippen MR) is 96.1 cm³/mol. The summed E-state index contributed by atoms with van der Waals surface area (Å²) in [5.41, 5.74) is 0.951. The number of carboxylic acid groups (broad SMARTS) is 1. The average molecular weight is 351 g/mol. The summed E-state index contributed by atoms with van der Waals surface area (Å²) in [6.07, 6.45) is 1.85. The van der Waals surface area contributed by atoms with Crippen LogP contribution in [0.2, 0.25) is 0 Å². The quantitative estimate of drug-likeness (QED) is 0.714. The lowest BCUT2D eigenvalue weighted by molar-refractivity contribution is -0.142. The molecular weight excluding hydrogens is 322 g/mol. The van der Waals surface area contributed by atoms with Crippen molar-refractivity contribution < 1.29 is 24.2 Å². The number of carbonyl (C=O) groups excluding carboxylic acids is 1. The van der Waals surface area contributed by atoms with E-state index in [-0.39, 0.29) is 17.7 Å². The highest BCUT2D eigenvalue weighted by Gasteiger charge is 2.22. The van der Waals surface area contributed by atoms with Gasteiger partial charge < -0.3 is 19.9 Å². The fourth-order valence-corrected chi connectivity index (χ4v) is 2.40. The Morgan fingerprint density at radius 2 is 1.80 bits per heavy atom. The molecule has 0 saturated heterocycles. The van der Waals surface area contributed by atoms with Gasteiger partial charge in [0.05, 0.1) is 14.2 Å². The van der Waals surface area contributed by atoms with E-state index in [4.69, 9.17) is 9.47 Å². The maximum Gasteiger partial charge on any atom is 0.326 e. The number of rotatable bonds is 9. The van der Waals surface area contributed by atoms with Crippen molar-refractivity contribution in [3.05, 3.63) is 23.8 Å². The van der Waals surface area contributed by atoms with Crippen LogP contribution in [0.1, 0.15) is 45.6 Å². The minimum Gasteiger partial charge on any atom is -0.493 e. The number of aliphatic carboxylic acids is 1. The predicted octanol–water partition coefficient (Wildman–Crippen LogP) is 3.03. The Labute approximate surface area is 149 Å². The van der Waals surface area contributed by atoms with Gasteiger partial charge in [0.2, 0.25) is 5.91 Å². The average Bonchev–Trinajstić information content (AvgIpc) is 2.55. The van der Waals surface area contributed by atoms with Crippen LogP contribution in [0.4, 0.5) is 0 Å². The molecule has 0 radical (unpaired) electrons.